The third-order valence-corrected chi connectivity index (χ3v) is 5.72. The number of fused-ring (bicyclic) bond motifs is 1. The van der Waals surface area contributed by atoms with Gasteiger partial charge in [-0.2, -0.15) is 0 Å². The summed E-state index contributed by atoms with van der Waals surface area (Å²) in [5, 5.41) is 5.46. The van der Waals surface area contributed by atoms with Crippen LogP contribution in [0, 0.1) is 0 Å². The highest BCUT2D eigenvalue weighted by atomic mass is 16.7. The fourth-order valence-electron chi connectivity index (χ4n) is 3.90. The minimum absolute atomic E-state index is 0.0287. The van der Waals surface area contributed by atoms with Crippen LogP contribution in [0.1, 0.15) is 24.1 Å². The molecule has 2 aliphatic rings. The molecule has 3 N–H and O–H groups in total. The fourth-order valence-corrected chi connectivity index (χ4v) is 3.90. The molecule has 0 aromatic heterocycles. The number of quaternary nitrogens is 1. The molecule has 2 aromatic rings. The number of aryl methyl sites for hydroxylation is 1. The maximum Gasteiger partial charge on any atom is 0.313 e. The van der Waals surface area contributed by atoms with Gasteiger partial charge in [-0.3, -0.25) is 9.59 Å². The average molecular weight is 426 g/mol. The Bertz CT molecular complexity index is 925. The van der Waals surface area contributed by atoms with Crippen LogP contribution < -0.4 is 25.0 Å². The Labute approximate surface area is 181 Å². The zero-order valence-electron chi connectivity index (χ0n) is 17.6. The van der Waals surface area contributed by atoms with E-state index in [4.69, 9.17) is 14.2 Å². The highest BCUT2D eigenvalue weighted by Gasteiger charge is 2.29. The van der Waals surface area contributed by atoms with Gasteiger partial charge in [-0.1, -0.05) is 19.1 Å². The van der Waals surface area contributed by atoms with Crippen molar-refractivity contribution in [2.24, 2.45) is 0 Å². The first-order valence-corrected chi connectivity index (χ1v) is 10.6. The Hall–Kier alpha value is -3.10. The summed E-state index contributed by atoms with van der Waals surface area (Å²) in [6.07, 6.45) is 0.917. The first-order chi connectivity index (χ1) is 15.1. The molecule has 8 nitrogen and oxygen atoms in total. The molecule has 2 heterocycles. The lowest BCUT2D eigenvalue weighted by Crippen LogP contribution is -3.15. The van der Waals surface area contributed by atoms with Crippen LogP contribution in [-0.4, -0.2) is 51.5 Å². The lowest BCUT2D eigenvalue weighted by molar-refractivity contribution is -0.937. The van der Waals surface area contributed by atoms with Crippen molar-refractivity contribution in [3.8, 4) is 11.5 Å². The summed E-state index contributed by atoms with van der Waals surface area (Å²) in [5.74, 6) is 0.0929. The Morgan fingerprint density at radius 2 is 1.74 bits per heavy atom. The molecular formula is C23H28N3O5+. The van der Waals surface area contributed by atoms with Gasteiger partial charge in [0.05, 0.1) is 19.8 Å². The van der Waals surface area contributed by atoms with E-state index >= 15 is 0 Å². The molecule has 0 bridgehead atoms. The van der Waals surface area contributed by atoms with Gasteiger partial charge in [0.2, 0.25) is 6.79 Å². The number of hydrogen-bond donors (Lipinski definition) is 3. The average Bonchev–Trinajstić information content (AvgIpc) is 3.28. The minimum Gasteiger partial charge on any atom is -0.454 e. The molecule has 0 radical (unpaired) electrons. The van der Waals surface area contributed by atoms with Crippen molar-refractivity contribution in [3.05, 3.63) is 53.6 Å². The van der Waals surface area contributed by atoms with E-state index in [0.29, 0.717) is 31.2 Å². The van der Waals surface area contributed by atoms with Gasteiger partial charge < -0.3 is 29.7 Å². The summed E-state index contributed by atoms with van der Waals surface area (Å²) in [6.45, 7) is 5.58. The van der Waals surface area contributed by atoms with Crippen LogP contribution in [0.15, 0.2) is 42.5 Å². The van der Waals surface area contributed by atoms with Gasteiger partial charge in [-0.05, 0) is 42.3 Å². The van der Waals surface area contributed by atoms with E-state index in [-0.39, 0.29) is 12.8 Å². The minimum atomic E-state index is -0.675. The summed E-state index contributed by atoms with van der Waals surface area (Å²) in [5.41, 5.74) is 2.79. The number of hydrogen-bond acceptors (Lipinski definition) is 5. The summed E-state index contributed by atoms with van der Waals surface area (Å²) < 4.78 is 16.4. The van der Waals surface area contributed by atoms with Crippen LogP contribution in [-0.2, 0) is 20.7 Å². The van der Waals surface area contributed by atoms with E-state index in [9.17, 15) is 9.59 Å². The van der Waals surface area contributed by atoms with E-state index in [1.807, 2.05) is 30.3 Å². The molecule has 1 fully saturated rings. The van der Waals surface area contributed by atoms with E-state index in [2.05, 4.69) is 17.6 Å². The number of amides is 2. The third-order valence-electron chi connectivity index (χ3n) is 5.72. The Morgan fingerprint density at radius 1 is 1.00 bits per heavy atom. The summed E-state index contributed by atoms with van der Waals surface area (Å²) >= 11 is 0. The van der Waals surface area contributed by atoms with Gasteiger partial charge in [0.25, 0.3) is 0 Å². The molecule has 8 heteroatoms. The van der Waals surface area contributed by atoms with Crippen LogP contribution in [0.3, 0.4) is 0 Å². The number of ether oxygens (including phenoxy) is 3. The van der Waals surface area contributed by atoms with Crippen LogP contribution in [0.25, 0.3) is 0 Å². The van der Waals surface area contributed by atoms with Crippen LogP contribution in [0.2, 0.25) is 0 Å². The largest absolute Gasteiger partial charge is 0.454 e. The van der Waals surface area contributed by atoms with E-state index in [1.54, 1.807) is 12.1 Å². The summed E-state index contributed by atoms with van der Waals surface area (Å²) in [7, 11) is 0. The van der Waals surface area contributed by atoms with Crippen molar-refractivity contribution in [2.75, 3.05) is 45.0 Å². The molecular weight excluding hydrogens is 398 g/mol. The molecule has 0 unspecified atom stereocenters. The first kappa shape index (κ1) is 21.1. The van der Waals surface area contributed by atoms with Gasteiger partial charge >= 0.3 is 11.8 Å². The molecule has 31 heavy (non-hydrogen) atoms. The molecule has 2 aromatic carbocycles. The van der Waals surface area contributed by atoms with Crippen molar-refractivity contribution in [3.63, 3.8) is 0 Å². The number of carbonyl (C=O) groups excluding carboxylic acids is 2. The molecule has 1 atom stereocenters. The summed E-state index contributed by atoms with van der Waals surface area (Å²) in [6, 6.07) is 13.3. The molecule has 4 rings (SSSR count). The van der Waals surface area contributed by atoms with Crippen molar-refractivity contribution < 1.29 is 28.7 Å². The second-order valence-electron chi connectivity index (χ2n) is 7.65. The molecule has 0 spiro atoms. The van der Waals surface area contributed by atoms with E-state index in [1.165, 1.54) is 10.5 Å². The van der Waals surface area contributed by atoms with E-state index < -0.39 is 11.8 Å². The Balaban J connectivity index is 1.41. The Morgan fingerprint density at radius 3 is 2.48 bits per heavy atom. The van der Waals surface area contributed by atoms with Gasteiger partial charge in [-0.15, -0.1) is 0 Å². The monoisotopic (exact) mass is 426 g/mol. The quantitative estimate of drug-likeness (QED) is 0.592. The topological polar surface area (TPSA) is 90.3 Å². The molecule has 2 aliphatic heterocycles. The molecule has 0 saturated carbocycles. The molecule has 0 aliphatic carbocycles. The zero-order valence-corrected chi connectivity index (χ0v) is 17.6. The molecule has 164 valence electrons. The number of nitrogens with one attached hydrogen (secondary N) is 3. The van der Waals surface area contributed by atoms with Gasteiger partial charge in [-0.25, -0.2) is 0 Å². The first-order valence-electron chi connectivity index (χ1n) is 10.6. The maximum atomic E-state index is 12.5. The second-order valence-corrected chi connectivity index (χ2v) is 7.65. The lowest BCUT2D eigenvalue weighted by Gasteiger charge is -2.32. The number of morpholine rings is 1. The van der Waals surface area contributed by atoms with Crippen molar-refractivity contribution in [2.45, 2.75) is 19.4 Å². The molecule has 2 amide bonds. The zero-order chi connectivity index (χ0) is 21.6. The summed E-state index contributed by atoms with van der Waals surface area (Å²) in [4.78, 5) is 26.1. The van der Waals surface area contributed by atoms with Gasteiger partial charge in [0.1, 0.15) is 19.1 Å². The number of carbonyl (C=O) groups is 2. The maximum absolute atomic E-state index is 12.5. The smallest absolute Gasteiger partial charge is 0.313 e. The van der Waals surface area contributed by atoms with E-state index in [0.717, 1.165) is 30.8 Å². The second kappa shape index (κ2) is 9.80. The highest BCUT2D eigenvalue weighted by Crippen LogP contribution is 2.33. The standard InChI is InChI=1S/C23H27N3O5/c1-2-16-3-6-18(7-4-16)25-23(28)22(27)24-14-19(26-9-11-29-12-10-26)17-5-8-20-21(13-17)31-15-30-20/h3-8,13,19H,2,9-12,14-15H2,1H3,(H,24,27)(H,25,28)/p+1/t19-/m1/s1. The SMILES string of the molecule is CCc1ccc(NC(=O)C(=O)NC[C@H](c2ccc3c(c2)OCO3)[NH+]2CCOCC2)cc1. The Kier molecular flexibility index (Phi) is 6.69. The van der Waals surface area contributed by atoms with Crippen molar-refractivity contribution in [1.82, 2.24) is 5.32 Å². The van der Waals surface area contributed by atoms with Crippen LogP contribution >= 0.6 is 0 Å². The van der Waals surface area contributed by atoms with Crippen molar-refractivity contribution in [1.29, 1.82) is 0 Å². The number of benzene rings is 2. The predicted octanol–water partition coefficient (Wildman–Crippen LogP) is 0.689. The van der Waals surface area contributed by atoms with Crippen LogP contribution in [0.5, 0.6) is 11.5 Å². The highest BCUT2D eigenvalue weighted by molar-refractivity contribution is 6.39. The third kappa shape index (κ3) is 5.15. The van der Waals surface area contributed by atoms with Gasteiger partial charge in [0, 0.05) is 11.3 Å². The van der Waals surface area contributed by atoms with Crippen molar-refractivity contribution >= 4 is 17.5 Å². The molecule has 1 saturated heterocycles. The van der Waals surface area contributed by atoms with Crippen LogP contribution in [0.4, 0.5) is 5.69 Å². The lowest BCUT2D eigenvalue weighted by atomic mass is 10.0. The normalized spacial score (nSPS) is 16.5. The predicted molar refractivity (Wildman–Crippen MR) is 114 cm³/mol. The fraction of sp³-hybridized carbons (Fsp3) is 0.391. The number of rotatable bonds is 6. The number of anilines is 1. The van der Waals surface area contributed by atoms with Gasteiger partial charge in [0.15, 0.2) is 11.5 Å².